The number of benzene rings is 1. The second-order valence-electron chi connectivity index (χ2n) is 10.8. The molecule has 2 aromatic rings. The van der Waals surface area contributed by atoms with Gasteiger partial charge in [0.15, 0.2) is 18.2 Å². The molecule has 3 heterocycles. The molecular formula is C27H33F2N7O6. The molecule has 3 atom stereocenters. The van der Waals surface area contributed by atoms with Gasteiger partial charge in [-0.2, -0.15) is 0 Å². The van der Waals surface area contributed by atoms with Crippen LogP contribution in [0.15, 0.2) is 12.3 Å². The Morgan fingerprint density at radius 1 is 1.31 bits per heavy atom. The number of cyclic esters (lactones) is 1. The predicted octanol–water partition coefficient (Wildman–Crippen LogP) is 1.46. The third-order valence-corrected chi connectivity index (χ3v) is 7.83. The highest BCUT2D eigenvalue weighted by Gasteiger charge is 2.42. The lowest BCUT2D eigenvalue weighted by atomic mass is 10.00. The fraction of sp³-hybridized carbons (Fsp3) is 0.519. The zero-order valence-electron chi connectivity index (χ0n) is 23.8. The molecule has 3 N–H and O–H groups in total. The number of anilines is 3. The van der Waals surface area contributed by atoms with E-state index >= 15 is 8.78 Å². The Morgan fingerprint density at radius 3 is 2.81 bits per heavy atom. The van der Waals surface area contributed by atoms with Crippen molar-refractivity contribution in [1.29, 1.82) is 0 Å². The minimum atomic E-state index is -0.896. The number of rotatable bonds is 10. The van der Waals surface area contributed by atoms with Gasteiger partial charge in [-0.15, -0.1) is 0 Å². The lowest BCUT2D eigenvalue weighted by molar-refractivity contribution is -0.120. The van der Waals surface area contributed by atoms with Crippen molar-refractivity contribution in [2.45, 2.75) is 43.9 Å². The second kappa shape index (κ2) is 11.7. The number of carbonyl (C=O) groups is 3. The maximum Gasteiger partial charge on any atom is 0.415 e. The summed E-state index contributed by atoms with van der Waals surface area (Å²) in [6, 6.07) is 0.485. The highest BCUT2D eigenvalue weighted by Crippen LogP contribution is 2.38. The number of fused-ring (bicyclic) bond motifs is 2. The third-order valence-electron chi connectivity index (χ3n) is 7.83. The van der Waals surface area contributed by atoms with Crippen LogP contribution in [-0.4, -0.2) is 98.0 Å². The van der Waals surface area contributed by atoms with Crippen molar-refractivity contribution in [3.8, 4) is 5.88 Å². The number of carbonyl (C=O) groups excluding carboxylic acids is 3. The van der Waals surface area contributed by atoms with Gasteiger partial charge in [-0.3, -0.25) is 19.4 Å². The van der Waals surface area contributed by atoms with Gasteiger partial charge in [-0.25, -0.2) is 23.5 Å². The number of hydrogen-bond acceptors (Lipinski definition) is 10. The van der Waals surface area contributed by atoms with Crippen LogP contribution >= 0.6 is 0 Å². The molecule has 1 aliphatic carbocycles. The second-order valence-corrected chi connectivity index (χ2v) is 10.8. The van der Waals surface area contributed by atoms with E-state index in [1.807, 2.05) is 0 Å². The van der Waals surface area contributed by atoms with Crippen LogP contribution in [0.4, 0.5) is 30.9 Å². The molecule has 2 unspecified atom stereocenters. The number of hydrogen-bond donors (Lipinski definition) is 3. The standard InChI is InChI=1S/C27H33F2N7O6/c1-14(35(2)3)24(38)32-19-7-18(28)16-8-27(40-4,9-17(16)22(19)29)13-30-6-5-15-11-36(26(39)42-15)20-10-31-25-23(33-20)34-21(37)12-41-25/h7,10,14-15,30H,5-6,8-9,11-13H2,1-4H3,(H,32,38)(H,33,34,37)/t14-,15?,27?/m1/s1. The first-order valence-electron chi connectivity index (χ1n) is 13.5. The number of nitrogens with one attached hydrogen (secondary N) is 3. The van der Waals surface area contributed by atoms with Gasteiger partial charge in [0.2, 0.25) is 5.91 Å². The summed E-state index contributed by atoms with van der Waals surface area (Å²) in [5.41, 5.74) is -0.689. The van der Waals surface area contributed by atoms with Crippen LogP contribution in [0.3, 0.4) is 0 Å². The number of likely N-dealkylation sites (N-methyl/N-ethyl adjacent to an activating group) is 1. The summed E-state index contributed by atoms with van der Waals surface area (Å²) >= 11 is 0. The molecule has 3 aliphatic rings. The summed E-state index contributed by atoms with van der Waals surface area (Å²) in [7, 11) is 4.93. The molecule has 226 valence electrons. The van der Waals surface area contributed by atoms with Crippen LogP contribution in [0.1, 0.15) is 24.5 Å². The van der Waals surface area contributed by atoms with Gasteiger partial charge in [0, 0.05) is 32.6 Å². The smallest absolute Gasteiger partial charge is 0.415 e. The molecule has 3 amide bonds. The molecule has 0 radical (unpaired) electrons. The van der Waals surface area contributed by atoms with E-state index in [2.05, 4.69) is 25.9 Å². The number of aromatic nitrogens is 2. The summed E-state index contributed by atoms with van der Waals surface area (Å²) in [5, 5.41) is 8.31. The Labute approximate surface area is 240 Å². The van der Waals surface area contributed by atoms with Crippen LogP contribution in [0.5, 0.6) is 5.88 Å². The molecule has 1 saturated heterocycles. The van der Waals surface area contributed by atoms with Crippen LogP contribution in [0.25, 0.3) is 0 Å². The van der Waals surface area contributed by atoms with E-state index < -0.39 is 41.4 Å². The molecule has 15 heteroatoms. The molecule has 1 fully saturated rings. The Hall–Kier alpha value is -3.95. The normalized spacial score (nSPS) is 21.9. The van der Waals surface area contributed by atoms with Crippen molar-refractivity contribution in [1.82, 2.24) is 20.2 Å². The quantitative estimate of drug-likeness (QED) is 0.348. The minimum absolute atomic E-state index is 0.116. The molecule has 0 bridgehead atoms. The van der Waals surface area contributed by atoms with Gasteiger partial charge in [0.1, 0.15) is 17.7 Å². The largest absolute Gasteiger partial charge is 0.465 e. The van der Waals surface area contributed by atoms with E-state index in [9.17, 15) is 14.4 Å². The Bertz CT molecular complexity index is 1410. The van der Waals surface area contributed by atoms with Gasteiger partial charge < -0.3 is 30.2 Å². The van der Waals surface area contributed by atoms with Gasteiger partial charge in [0.25, 0.3) is 11.8 Å². The lowest BCUT2D eigenvalue weighted by Crippen LogP contribution is -2.44. The van der Waals surface area contributed by atoms with Crippen molar-refractivity contribution in [2.24, 2.45) is 0 Å². The van der Waals surface area contributed by atoms with E-state index in [1.165, 1.54) is 18.2 Å². The van der Waals surface area contributed by atoms with Gasteiger partial charge in [-0.1, -0.05) is 0 Å². The maximum absolute atomic E-state index is 15.4. The first-order valence-corrected chi connectivity index (χ1v) is 13.5. The Kier molecular flexibility index (Phi) is 8.25. The van der Waals surface area contributed by atoms with Gasteiger partial charge >= 0.3 is 6.09 Å². The molecule has 1 aromatic carbocycles. The van der Waals surface area contributed by atoms with Crippen LogP contribution in [0, 0.1) is 11.6 Å². The monoisotopic (exact) mass is 589 g/mol. The Morgan fingerprint density at radius 2 is 2.07 bits per heavy atom. The summed E-state index contributed by atoms with van der Waals surface area (Å²) in [4.78, 5) is 47.9. The molecule has 42 heavy (non-hydrogen) atoms. The molecule has 2 aliphatic heterocycles. The first-order chi connectivity index (χ1) is 20.0. The molecule has 1 aromatic heterocycles. The zero-order chi connectivity index (χ0) is 30.2. The van der Waals surface area contributed by atoms with E-state index in [0.717, 1.165) is 6.07 Å². The van der Waals surface area contributed by atoms with Crippen molar-refractivity contribution >= 4 is 35.2 Å². The average Bonchev–Trinajstić information content (AvgIpc) is 3.54. The molecule has 0 spiro atoms. The van der Waals surface area contributed by atoms with Crippen LogP contribution < -0.4 is 25.6 Å². The Balaban J connectivity index is 1.16. The van der Waals surface area contributed by atoms with E-state index in [1.54, 1.807) is 25.9 Å². The van der Waals surface area contributed by atoms with Crippen molar-refractivity contribution < 1.29 is 37.4 Å². The fourth-order valence-electron chi connectivity index (χ4n) is 5.13. The number of ether oxygens (including phenoxy) is 3. The van der Waals surface area contributed by atoms with Gasteiger partial charge in [0.05, 0.1) is 30.1 Å². The summed E-state index contributed by atoms with van der Waals surface area (Å²) < 4.78 is 46.9. The summed E-state index contributed by atoms with van der Waals surface area (Å²) in [5.74, 6) is -1.55. The average molecular weight is 590 g/mol. The third kappa shape index (κ3) is 5.84. The summed E-state index contributed by atoms with van der Waals surface area (Å²) in [6.45, 7) is 2.46. The van der Waals surface area contributed by atoms with Crippen molar-refractivity contribution in [3.05, 3.63) is 35.0 Å². The zero-order valence-corrected chi connectivity index (χ0v) is 23.8. The first kappa shape index (κ1) is 29.5. The van der Waals surface area contributed by atoms with Crippen LogP contribution in [-0.2, 0) is 31.9 Å². The van der Waals surface area contributed by atoms with E-state index in [4.69, 9.17) is 14.2 Å². The van der Waals surface area contributed by atoms with Crippen molar-refractivity contribution in [2.75, 3.05) is 63.0 Å². The van der Waals surface area contributed by atoms with Crippen LogP contribution in [0.2, 0.25) is 0 Å². The van der Waals surface area contributed by atoms with E-state index in [-0.39, 0.29) is 72.8 Å². The fourth-order valence-corrected chi connectivity index (χ4v) is 5.13. The molecular weight excluding hydrogens is 556 g/mol. The lowest BCUT2D eigenvalue weighted by Gasteiger charge is -2.28. The minimum Gasteiger partial charge on any atom is -0.465 e. The highest BCUT2D eigenvalue weighted by molar-refractivity contribution is 5.95. The number of nitrogens with zero attached hydrogens (tertiary/aromatic N) is 4. The molecule has 5 rings (SSSR count). The van der Waals surface area contributed by atoms with E-state index in [0.29, 0.717) is 13.0 Å². The number of amides is 3. The number of halogens is 2. The molecule has 0 saturated carbocycles. The SMILES string of the molecule is COC1(CNCCC2CN(c3cnc4c(n3)NC(=O)CO4)C(=O)O2)Cc2c(F)cc(NC(=O)[C@@H](C)N(C)C)c(F)c2C1. The number of methoxy groups -OCH3 is 1. The maximum atomic E-state index is 15.4. The van der Waals surface area contributed by atoms with Gasteiger partial charge in [-0.05, 0) is 45.1 Å². The predicted molar refractivity (Wildman–Crippen MR) is 147 cm³/mol. The van der Waals surface area contributed by atoms with Crippen molar-refractivity contribution in [3.63, 3.8) is 0 Å². The summed E-state index contributed by atoms with van der Waals surface area (Å²) in [6.07, 6.45) is 1.06. The topological polar surface area (TPSA) is 147 Å². The highest BCUT2D eigenvalue weighted by atomic mass is 19.1. The molecule has 13 nitrogen and oxygen atoms in total.